The van der Waals surface area contributed by atoms with Gasteiger partial charge in [-0.1, -0.05) is 13.0 Å². The molecule has 0 aromatic carbocycles. The van der Waals surface area contributed by atoms with E-state index in [2.05, 4.69) is 55.5 Å². The van der Waals surface area contributed by atoms with Gasteiger partial charge < -0.3 is 10.2 Å². The first-order valence-electron chi connectivity index (χ1n) is 6.49. The molecule has 98 valence electrons. The molecule has 0 radical (unpaired) electrons. The first kappa shape index (κ1) is 14.7. The highest BCUT2D eigenvalue weighted by Crippen LogP contribution is 2.09. The fourth-order valence-corrected chi connectivity index (χ4v) is 2.28. The van der Waals surface area contributed by atoms with E-state index in [0.717, 1.165) is 19.6 Å². The van der Waals surface area contributed by atoms with Crippen molar-refractivity contribution in [2.75, 3.05) is 26.7 Å². The molecule has 0 saturated heterocycles. The van der Waals surface area contributed by atoms with Crippen LogP contribution in [0.25, 0.3) is 0 Å². The summed E-state index contributed by atoms with van der Waals surface area (Å²) >= 11 is 1.85. The highest BCUT2D eigenvalue weighted by atomic mass is 32.1. The average molecular weight is 254 g/mol. The maximum absolute atomic E-state index is 3.59. The molecule has 0 bridgehead atoms. The molecule has 1 rings (SSSR count). The van der Waals surface area contributed by atoms with Crippen LogP contribution in [-0.2, 0) is 6.42 Å². The number of nitrogens with one attached hydrogen (secondary N) is 1. The summed E-state index contributed by atoms with van der Waals surface area (Å²) in [5.74, 6) is 0. The molecule has 0 aliphatic heterocycles. The zero-order valence-electron chi connectivity index (χ0n) is 11.6. The first-order valence-corrected chi connectivity index (χ1v) is 7.37. The molecule has 2 nitrogen and oxygen atoms in total. The normalized spacial score (nSPS) is 12.3. The molecule has 1 heterocycles. The van der Waals surface area contributed by atoms with Crippen molar-refractivity contribution in [2.45, 2.75) is 39.2 Å². The Kier molecular flexibility index (Phi) is 6.17. The van der Waals surface area contributed by atoms with Gasteiger partial charge in [-0.3, -0.25) is 0 Å². The smallest absolute Gasteiger partial charge is 0.0123 e. The van der Waals surface area contributed by atoms with E-state index >= 15 is 0 Å². The summed E-state index contributed by atoms with van der Waals surface area (Å²) in [7, 11) is 2.20. The molecule has 1 N–H and O–H groups in total. The van der Waals surface area contributed by atoms with Gasteiger partial charge in [0.15, 0.2) is 0 Å². The third-order valence-corrected chi connectivity index (χ3v) is 4.24. The Morgan fingerprint density at radius 2 is 2.12 bits per heavy atom. The summed E-state index contributed by atoms with van der Waals surface area (Å²) in [6.07, 6.45) is 2.34. The van der Waals surface area contributed by atoms with Crippen LogP contribution >= 0.6 is 11.3 Å². The second-order valence-electron chi connectivity index (χ2n) is 5.30. The van der Waals surface area contributed by atoms with Crippen LogP contribution in [0.5, 0.6) is 0 Å². The third kappa shape index (κ3) is 6.20. The molecule has 17 heavy (non-hydrogen) atoms. The molecular formula is C14H26N2S. The van der Waals surface area contributed by atoms with Crippen molar-refractivity contribution in [3.8, 4) is 0 Å². The summed E-state index contributed by atoms with van der Waals surface area (Å²) in [6, 6.07) is 4.35. The monoisotopic (exact) mass is 254 g/mol. The van der Waals surface area contributed by atoms with Crippen molar-refractivity contribution < 1.29 is 0 Å². The van der Waals surface area contributed by atoms with Gasteiger partial charge in [-0.25, -0.2) is 0 Å². The zero-order chi connectivity index (χ0) is 12.7. The van der Waals surface area contributed by atoms with Gasteiger partial charge in [0.2, 0.25) is 0 Å². The fraction of sp³-hybridized carbons (Fsp3) is 0.714. The minimum atomic E-state index is 0.272. The summed E-state index contributed by atoms with van der Waals surface area (Å²) in [6.45, 7) is 10.1. The zero-order valence-corrected chi connectivity index (χ0v) is 12.4. The fourth-order valence-electron chi connectivity index (χ4n) is 1.58. The molecule has 0 atom stereocenters. The van der Waals surface area contributed by atoms with Crippen molar-refractivity contribution in [3.63, 3.8) is 0 Å². The van der Waals surface area contributed by atoms with Crippen LogP contribution in [0.2, 0.25) is 0 Å². The largest absolute Gasteiger partial charge is 0.311 e. The Labute approximate surface area is 110 Å². The summed E-state index contributed by atoms with van der Waals surface area (Å²) < 4.78 is 0. The van der Waals surface area contributed by atoms with Crippen molar-refractivity contribution in [1.29, 1.82) is 0 Å². The van der Waals surface area contributed by atoms with Gasteiger partial charge in [-0.15, -0.1) is 11.3 Å². The molecule has 0 unspecified atom stereocenters. The van der Waals surface area contributed by atoms with E-state index in [1.54, 1.807) is 0 Å². The lowest BCUT2D eigenvalue weighted by molar-refractivity contribution is 0.301. The molecule has 0 aliphatic rings. The summed E-state index contributed by atoms with van der Waals surface area (Å²) in [5, 5.41) is 5.75. The lowest BCUT2D eigenvalue weighted by Gasteiger charge is -2.26. The van der Waals surface area contributed by atoms with E-state index in [4.69, 9.17) is 0 Å². The second-order valence-corrected chi connectivity index (χ2v) is 6.33. The number of nitrogens with zero attached hydrogens (tertiary/aromatic N) is 1. The van der Waals surface area contributed by atoms with Gasteiger partial charge in [0.05, 0.1) is 0 Å². The quantitative estimate of drug-likeness (QED) is 0.767. The molecule has 0 spiro atoms. The van der Waals surface area contributed by atoms with Crippen LogP contribution in [0.3, 0.4) is 0 Å². The van der Waals surface area contributed by atoms with Gasteiger partial charge >= 0.3 is 0 Å². The van der Waals surface area contributed by atoms with E-state index in [9.17, 15) is 0 Å². The minimum Gasteiger partial charge on any atom is -0.311 e. The van der Waals surface area contributed by atoms with Gasteiger partial charge in [-0.2, -0.15) is 0 Å². The third-order valence-electron chi connectivity index (χ3n) is 3.30. The molecule has 0 amide bonds. The molecule has 1 aromatic rings. The summed E-state index contributed by atoms with van der Waals surface area (Å²) in [4.78, 5) is 3.89. The topological polar surface area (TPSA) is 15.3 Å². The molecule has 0 fully saturated rings. The predicted molar refractivity (Wildman–Crippen MR) is 77.9 cm³/mol. The number of likely N-dealkylation sites (N-methyl/N-ethyl adjacent to an activating group) is 1. The first-order chi connectivity index (χ1) is 8.03. The molecule has 0 aliphatic carbocycles. The highest BCUT2D eigenvalue weighted by molar-refractivity contribution is 7.09. The molecule has 1 aromatic heterocycles. The standard InChI is InChI=1S/C14H26N2S/c1-5-14(2,3)15-9-11-16(4)10-8-13-7-6-12-17-13/h6-7,12,15H,5,8-11H2,1-4H3. The van der Waals surface area contributed by atoms with E-state index in [0.29, 0.717) is 0 Å². The lowest BCUT2D eigenvalue weighted by Crippen LogP contribution is -2.42. The van der Waals surface area contributed by atoms with Crippen LogP contribution in [0.1, 0.15) is 32.1 Å². The predicted octanol–water partition coefficient (Wildman–Crippen LogP) is 3.00. The number of hydrogen-bond acceptors (Lipinski definition) is 3. The lowest BCUT2D eigenvalue weighted by atomic mass is 10.0. The van der Waals surface area contributed by atoms with Gasteiger partial charge in [0.1, 0.15) is 0 Å². The highest BCUT2D eigenvalue weighted by Gasteiger charge is 2.13. The van der Waals surface area contributed by atoms with Crippen molar-refractivity contribution in [3.05, 3.63) is 22.4 Å². The van der Waals surface area contributed by atoms with Gasteiger partial charge in [0.25, 0.3) is 0 Å². The number of hydrogen-bond donors (Lipinski definition) is 1. The van der Waals surface area contributed by atoms with Crippen LogP contribution in [0.15, 0.2) is 17.5 Å². The van der Waals surface area contributed by atoms with E-state index in [-0.39, 0.29) is 5.54 Å². The van der Waals surface area contributed by atoms with E-state index in [1.165, 1.54) is 17.7 Å². The maximum Gasteiger partial charge on any atom is 0.0123 e. The van der Waals surface area contributed by atoms with Crippen LogP contribution < -0.4 is 5.32 Å². The number of thiophene rings is 1. The molecule has 3 heteroatoms. The van der Waals surface area contributed by atoms with E-state index < -0.39 is 0 Å². The van der Waals surface area contributed by atoms with Crippen LogP contribution in [-0.4, -0.2) is 37.1 Å². The average Bonchev–Trinajstić information content (AvgIpc) is 2.79. The molecular weight excluding hydrogens is 228 g/mol. The Hall–Kier alpha value is -0.380. The maximum atomic E-state index is 3.59. The second kappa shape index (κ2) is 7.14. The Morgan fingerprint density at radius 1 is 1.35 bits per heavy atom. The Bertz CT molecular complexity index is 293. The summed E-state index contributed by atoms with van der Waals surface area (Å²) in [5.41, 5.74) is 0.272. The minimum absolute atomic E-state index is 0.272. The Morgan fingerprint density at radius 3 is 2.71 bits per heavy atom. The van der Waals surface area contributed by atoms with Crippen LogP contribution in [0.4, 0.5) is 0 Å². The van der Waals surface area contributed by atoms with Gasteiger partial charge in [-0.05, 0) is 45.2 Å². The number of rotatable bonds is 8. The van der Waals surface area contributed by atoms with Gasteiger partial charge in [0, 0.05) is 30.1 Å². The van der Waals surface area contributed by atoms with Crippen LogP contribution in [0, 0.1) is 0 Å². The SMILES string of the molecule is CCC(C)(C)NCCN(C)CCc1cccs1. The molecule has 0 saturated carbocycles. The van der Waals surface area contributed by atoms with Crippen molar-refractivity contribution >= 4 is 11.3 Å². The van der Waals surface area contributed by atoms with E-state index in [1.807, 2.05) is 11.3 Å². The van der Waals surface area contributed by atoms with Crippen molar-refractivity contribution in [2.24, 2.45) is 0 Å². The Balaban J connectivity index is 2.11. The van der Waals surface area contributed by atoms with Crippen molar-refractivity contribution in [1.82, 2.24) is 10.2 Å².